The van der Waals surface area contributed by atoms with Gasteiger partial charge >= 0.3 is 5.97 Å². The summed E-state index contributed by atoms with van der Waals surface area (Å²) in [6, 6.07) is 0.164. The summed E-state index contributed by atoms with van der Waals surface area (Å²) in [6.07, 6.45) is 1.48. The zero-order chi connectivity index (χ0) is 14.9. The van der Waals surface area contributed by atoms with E-state index in [1.807, 2.05) is 27.8 Å². The molecule has 0 saturated heterocycles. The van der Waals surface area contributed by atoms with Crippen LogP contribution in [0, 0.1) is 0 Å². The lowest BCUT2D eigenvalue weighted by Crippen LogP contribution is -2.52. The Morgan fingerprint density at radius 3 is 2.53 bits per heavy atom. The first-order chi connectivity index (χ1) is 8.81. The van der Waals surface area contributed by atoms with E-state index in [1.54, 1.807) is 6.92 Å². The van der Waals surface area contributed by atoms with E-state index in [4.69, 9.17) is 4.74 Å². The number of carboxylic acid groups (broad SMARTS) is 1. The molecule has 114 valence electrons. The Hall–Kier alpha value is -0.650. The van der Waals surface area contributed by atoms with Crippen LogP contribution in [0.1, 0.15) is 40.5 Å². The van der Waals surface area contributed by atoms with Crippen LogP contribution in [0.2, 0.25) is 0 Å². The van der Waals surface area contributed by atoms with Gasteiger partial charge in [0.15, 0.2) is 0 Å². The van der Waals surface area contributed by atoms with Gasteiger partial charge in [0.25, 0.3) is 0 Å². The van der Waals surface area contributed by atoms with Gasteiger partial charge in [-0.3, -0.25) is 10.1 Å². The quantitative estimate of drug-likeness (QED) is 0.560. The molecule has 0 saturated carbocycles. The first kappa shape index (κ1) is 18.4. The van der Waals surface area contributed by atoms with Gasteiger partial charge in [0.05, 0.1) is 6.61 Å². The van der Waals surface area contributed by atoms with Gasteiger partial charge in [0, 0.05) is 19.2 Å². The van der Waals surface area contributed by atoms with Crippen LogP contribution in [0.25, 0.3) is 0 Å². The fourth-order valence-electron chi connectivity index (χ4n) is 2.06. The number of likely N-dealkylation sites (N-methyl/N-ethyl adjacent to an activating group) is 1. The standard InChI is InChI=1S/C14H30N2O3/c1-6-19-11-10-16(5)9-7-8-14(4,13(17)18)15-12(2)3/h12,15H,6-11H2,1-5H3,(H,17,18). The molecule has 0 rings (SSSR count). The number of hydrogen-bond donors (Lipinski definition) is 2. The van der Waals surface area contributed by atoms with E-state index in [2.05, 4.69) is 10.2 Å². The lowest BCUT2D eigenvalue weighted by Gasteiger charge is -2.29. The molecule has 0 aromatic heterocycles. The van der Waals surface area contributed by atoms with Crippen molar-refractivity contribution in [2.24, 2.45) is 0 Å². The Balaban J connectivity index is 4.02. The summed E-state index contributed by atoms with van der Waals surface area (Å²) >= 11 is 0. The van der Waals surface area contributed by atoms with Gasteiger partial charge in [-0.25, -0.2) is 0 Å². The smallest absolute Gasteiger partial charge is 0.323 e. The van der Waals surface area contributed by atoms with Gasteiger partial charge in [-0.1, -0.05) is 0 Å². The molecule has 19 heavy (non-hydrogen) atoms. The molecule has 0 bridgehead atoms. The van der Waals surface area contributed by atoms with Crippen molar-refractivity contribution in [2.75, 3.05) is 33.4 Å². The Kier molecular flexibility index (Phi) is 8.97. The molecule has 0 heterocycles. The summed E-state index contributed by atoms with van der Waals surface area (Å²) in [6.45, 7) is 10.9. The van der Waals surface area contributed by atoms with Crippen LogP contribution in [0.5, 0.6) is 0 Å². The van der Waals surface area contributed by atoms with Crippen LogP contribution in [0.4, 0.5) is 0 Å². The number of aliphatic carboxylic acids is 1. The van der Waals surface area contributed by atoms with Gasteiger partial charge in [-0.05, 0) is 54.1 Å². The molecular formula is C14H30N2O3. The monoisotopic (exact) mass is 274 g/mol. The molecule has 0 amide bonds. The zero-order valence-corrected chi connectivity index (χ0v) is 13.0. The highest BCUT2D eigenvalue weighted by Gasteiger charge is 2.32. The summed E-state index contributed by atoms with van der Waals surface area (Å²) in [4.78, 5) is 13.5. The SMILES string of the molecule is CCOCCN(C)CCCC(C)(NC(C)C)C(=O)O. The van der Waals surface area contributed by atoms with Crippen LogP contribution in [-0.4, -0.2) is 60.9 Å². The second-order valence-corrected chi connectivity index (χ2v) is 5.54. The van der Waals surface area contributed by atoms with E-state index in [0.29, 0.717) is 6.42 Å². The number of carboxylic acids is 1. The lowest BCUT2D eigenvalue weighted by atomic mass is 9.95. The van der Waals surface area contributed by atoms with Crippen LogP contribution in [0.15, 0.2) is 0 Å². The van der Waals surface area contributed by atoms with Crippen molar-refractivity contribution in [3.63, 3.8) is 0 Å². The van der Waals surface area contributed by atoms with E-state index in [0.717, 1.165) is 32.7 Å². The van der Waals surface area contributed by atoms with E-state index in [9.17, 15) is 9.90 Å². The van der Waals surface area contributed by atoms with E-state index in [1.165, 1.54) is 0 Å². The number of carbonyl (C=O) groups is 1. The molecule has 0 aromatic carbocycles. The highest BCUT2D eigenvalue weighted by molar-refractivity contribution is 5.78. The van der Waals surface area contributed by atoms with Gasteiger partial charge in [0.2, 0.25) is 0 Å². The maximum absolute atomic E-state index is 11.3. The molecule has 0 radical (unpaired) electrons. The number of nitrogens with zero attached hydrogens (tertiary/aromatic N) is 1. The summed E-state index contributed by atoms with van der Waals surface area (Å²) < 4.78 is 5.29. The predicted molar refractivity (Wildman–Crippen MR) is 77.5 cm³/mol. The third-order valence-electron chi connectivity index (χ3n) is 3.12. The topological polar surface area (TPSA) is 61.8 Å². The molecule has 1 unspecified atom stereocenters. The highest BCUT2D eigenvalue weighted by atomic mass is 16.5. The summed E-state index contributed by atoms with van der Waals surface area (Å²) in [5.41, 5.74) is -0.838. The fraction of sp³-hybridized carbons (Fsp3) is 0.929. The summed E-state index contributed by atoms with van der Waals surface area (Å²) in [7, 11) is 2.03. The largest absolute Gasteiger partial charge is 0.480 e. The first-order valence-corrected chi connectivity index (χ1v) is 7.09. The maximum atomic E-state index is 11.3. The Bertz CT molecular complexity index is 259. The van der Waals surface area contributed by atoms with Crippen molar-refractivity contribution >= 4 is 5.97 Å². The third kappa shape index (κ3) is 8.18. The number of hydrogen-bond acceptors (Lipinski definition) is 4. The average molecular weight is 274 g/mol. The maximum Gasteiger partial charge on any atom is 0.323 e. The Labute approximate surface area is 117 Å². The molecule has 5 heteroatoms. The Morgan fingerprint density at radius 2 is 2.05 bits per heavy atom. The second kappa shape index (κ2) is 9.28. The van der Waals surface area contributed by atoms with Crippen LogP contribution in [0.3, 0.4) is 0 Å². The molecule has 2 N–H and O–H groups in total. The fourth-order valence-corrected chi connectivity index (χ4v) is 2.06. The molecule has 0 spiro atoms. The van der Waals surface area contributed by atoms with Crippen LogP contribution >= 0.6 is 0 Å². The summed E-state index contributed by atoms with van der Waals surface area (Å²) in [5.74, 6) is -0.779. The van der Waals surface area contributed by atoms with Crippen LogP contribution < -0.4 is 5.32 Å². The molecule has 0 aliphatic carbocycles. The minimum atomic E-state index is -0.838. The number of nitrogens with one attached hydrogen (secondary N) is 1. The normalized spacial score (nSPS) is 14.9. The Morgan fingerprint density at radius 1 is 1.42 bits per heavy atom. The second-order valence-electron chi connectivity index (χ2n) is 5.54. The van der Waals surface area contributed by atoms with Crippen molar-refractivity contribution in [3.8, 4) is 0 Å². The number of ether oxygens (including phenoxy) is 1. The van der Waals surface area contributed by atoms with Crippen molar-refractivity contribution in [2.45, 2.75) is 52.1 Å². The van der Waals surface area contributed by atoms with Crippen molar-refractivity contribution in [1.29, 1.82) is 0 Å². The summed E-state index contributed by atoms with van der Waals surface area (Å²) in [5, 5.41) is 12.5. The molecule has 0 fully saturated rings. The van der Waals surface area contributed by atoms with Crippen molar-refractivity contribution in [1.82, 2.24) is 10.2 Å². The average Bonchev–Trinajstić information content (AvgIpc) is 2.28. The lowest BCUT2D eigenvalue weighted by molar-refractivity contribution is -0.144. The minimum absolute atomic E-state index is 0.164. The molecule has 0 aliphatic heterocycles. The van der Waals surface area contributed by atoms with Gasteiger partial charge in [0.1, 0.15) is 5.54 Å². The molecule has 0 aromatic rings. The zero-order valence-electron chi connectivity index (χ0n) is 13.0. The minimum Gasteiger partial charge on any atom is -0.480 e. The predicted octanol–water partition coefficient (Wildman–Crippen LogP) is 1.58. The van der Waals surface area contributed by atoms with E-state index in [-0.39, 0.29) is 6.04 Å². The first-order valence-electron chi connectivity index (χ1n) is 7.09. The molecular weight excluding hydrogens is 244 g/mol. The van der Waals surface area contributed by atoms with E-state index >= 15 is 0 Å². The molecule has 1 atom stereocenters. The van der Waals surface area contributed by atoms with E-state index < -0.39 is 11.5 Å². The van der Waals surface area contributed by atoms with Gasteiger partial charge in [-0.2, -0.15) is 0 Å². The van der Waals surface area contributed by atoms with Gasteiger partial charge in [-0.15, -0.1) is 0 Å². The number of rotatable bonds is 11. The molecule has 5 nitrogen and oxygen atoms in total. The third-order valence-corrected chi connectivity index (χ3v) is 3.12. The van der Waals surface area contributed by atoms with Crippen LogP contribution in [-0.2, 0) is 9.53 Å². The van der Waals surface area contributed by atoms with Crippen molar-refractivity contribution < 1.29 is 14.6 Å². The highest BCUT2D eigenvalue weighted by Crippen LogP contribution is 2.14. The molecule has 0 aliphatic rings. The van der Waals surface area contributed by atoms with Crippen molar-refractivity contribution in [3.05, 3.63) is 0 Å². The van der Waals surface area contributed by atoms with Gasteiger partial charge < -0.3 is 14.7 Å².